The molecule has 0 saturated carbocycles. The lowest BCUT2D eigenvalue weighted by Gasteiger charge is -2.27. The highest BCUT2D eigenvalue weighted by Crippen LogP contribution is 2.16. The molecule has 0 unspecified atom stereocenters. The van der Waals surface area contributed by atoms with Crippen LogP contribution in [-0.4, -0.2) is 44.3 Å². The number of aromatic nitrogens is 3. The lowest BCUT2D eigenvalue weighted by Crippen LogP contribution is -2.38. The number of hydrogen-bond donors (Lipinski definition) is 0. The normalized spacial score (nSPS) is 15.6. The number of likely N-dealkylation sites (tertiary alicyclic amines) is 1. The van der Waals surface area contributed by atoms with Crippen LogP contribution >= 0.6 is 11.6 Å². The lowest BCUT2D eigenvalue weighted by molar-refractivity contribution is -0.132. The van der Waals surface area contributed by atoms with Gasteiger partial charge in [-0.1, -0.05) is 0 Å². The van der Waals surface area contributed by atoms with Crippen LogP contribution in [0.4, 0.5) is 0 Å². The second-order valence-corrected chi connectivity index (χ2v) is 5.72. The van der Waals surface area contributed by atoms with Gasteiger partial charge < -0.3 is 9.47 Å². The van der Waals surface area contributed by atoms with Crippen LogP contribution in [0.5, 0.6) is 0 Å². The third kappa shape index (κ3) is 3.02. The number of pyridine rings is 1. The fourth-order valence-electron chi connectivity index (χ4n) is 2.83. The molecular formula is C15H19ClN4O. The monoisotopic (exact) mass is 306 g/mol. The van der Waals surface area contributed by atoms with Gasteiger partial charge in [0.05, 0.1) is 0 Å². The van der Waals surface area contributed by atoms with Gasteiger partial charge in [-0.2, -0.15) is 0 Å². The van der Waals surface area contributed by atoms with Crippen molar-refractivity contribution < 1.29 is 4.79 Å². The van der Waals surface area contributed by atoms with Crippen molar-refractivity contribution in [2.24, 2.45) is 0 Å². The summed E-state index contributed by atoms with van der Waals surface area (Å²) in [6, 6.07) is 3.78. The van der Waals surface area contributed by atoms with Crippen LogP contribution in [0.3, 0.4) is 0 Å². The summed E-state index contributed by atoms with van der Waals surface area (Å²) in [7, 11) is 0. The second kappa shape index (κ2) is 6.43. The molecular weight excluding hydrogens is 288 g/mol. The molecule has 0 aliphatic carbocycles. The predicted molar refractivity (Wildman–Crippen MR) is 82.4 cm³/mol. The second-order valence-electron chi connectivity index (χ2n) is 5.34. The molecule has 0 aromatic carbocycles. The minimum absolute atomic E-state index is 0.149. The smallest absolute Gasteiger partial charge is 0.242 e. The molecule has 1 aliphatic heterocycles. The van der Waals surface area contributed by atoms with Gasteiger partial charge in [0.2, 0.25) is 5.91 Å². The molecule has 6 heteroatoms. The Morgan fingerprint density at radius 1 is 1.29 bits per heavy atom. The van der Waals surface area contributed by atoms with Crippen molar-refractivity contribution in [2.45, 2.75) is 32.2 Å². The Labute approximate surface area is 128 Å². The van der Waals surface area contributed by atoms with E-state index in [-0.39, 0.29) is 5.91 Å². The van der Waals surface area contributed by atoms with Gasteiger partial charge in [0.25, 0.3) is 0 Å². The first-order chi connectivity index (χ1) is 10.3. The number of halogens is 1. The third-order valence-electron chi connectivity index (χ3n) is 3.90. The zero-order valence-corrected chi connectivity index (χ0v) is 12.7. The van der Waals surface area contributed by atoms with Gasteiger partial charge in [-0.25, -0.2) is 9.97 Å². The highest BCUT2D eigenvalue weighted by molar-refractivity contribution is 6.17. The van der Waals surface area contributed by atoms with E-state index in [9.17, 15) is 4.79 Å². The number of piperidine rings is 1. The van der Waals surface area contributed by atoms with Gasteiger partial charge in [0.15, 0.2) is 5.65 Å². The van der Waals surface area contributed by atoms with E-state index in [0.29, 0.717) is 18.8 Å². The maximum absolute atomic E-state index is 12.5. The minimum atomic E-state index is 0.149. The molecule has 1 fully saturated rings. The summed E-state index contributed by atoms with van der Waals surface area (Å²) in [4.78, 5) is 23.3. The van der Waals surface area contributed by atoms with Crippen LogP contribution < -0.4 is 0 Å². The standard InChI is InChI=1S/C15H19ClN4O/c16-7-6-13-18-12-5-4-8-17-15(12)20(13)11-14(21)19-9-2-1-3-10-19/h4-5,8H,1-3,6-7,9-11H2. The van der Waals surface area contributed by atoms with E-state index in [1.54, 1.807) is 6.20 Å². The Morgan fingerprint density at radius 3 is 2.86 bits per heavy atom. The minimum Gasteiger partial charge on any atom is -0.341 e. The summed E-state index contributed by atoms with van der Waals surface area (Å²) in [5.74, 6) is 1.47. The fourth-order valence-corrected chi connectivity index (χ4v) is 2.99. The number of amides is 1. The summed E-state index contributed by atoms with van der Waals surface area (Å²) in [6.07, 6.45) is 5.80. The Morgan fingerprint density at radius 2 is 2.10 bits per heavy atom. The third-order valence-corrected chi connectivity index (χ3v) is 4.09. The Bertz CT molecular complexity index is 634. The van der Waals surface area contributed by atoms with E-state index in [4.69, 9.17) is 11.6 Å². The first kappa shape index (κ1) is 14.3. The molecule has 21 heavy (non-hydrogen) atoms. The molecule has 3 heterocycles. The topological polar surface area (TPSA) is 51.0 Å². The van der Waals surface area contributed by atoms with Gasteiger partial charge in [-0.3, -0.25) is 4.79 Å². The highest BCUT2D eigenvalue weighted by Gasteiger charge is 2.20. The van der Waals surface area contributed by atoms with Crippen LogP contribution in [-0.2, 0) is 17.8 Å². The van der Waals surface area contributed by atoms with E-state index in [1.165, 1.54) is 6.42 Å². The van der Waals surface area contributed by atoms with Crippen molar-refractivity contribution in [1.29, 1.82) is 0 Å². The van der Waals surface area contributed by atoms with Gasteiger partial charge in [0, 0.05) is 31.6 Å². The van der Waals surface area contributed by atoms with Crippen LogP contribution in [0.15, 0.2) is 18.3 Å². The highest BCUT2D eigenvalue weighted by atomic mass is 35.5. The van der Waals surface area contributed by atoms with Crippen molar-refractivity contribution in [1.82, 2.24) is 19.4 Å². The molecule has 2 aromatic heterocycles. The van der Waals surface area contributed by atoms with E-state index in [2.05, 4.69) is 9.97 Å². The maximum atomic E-state index is 12.5. The zero-order chi connectivity index (χ0) is 14.7. The van der Waals surface area contributed by atoms with Crippen molar-refractivity contribution in [2.75, 3.05) is 19.0 Å². The lowest BCUT2D eigenvalue weighted by atomic mass is 10.1. The van der Waals surface area contributed by atoms with E-state index in [0.717, 1.165) is 42.9 Å². The van der Waals surface area contributed by atoms with Crippen LogP contribution in [0.2, 0.25) is 0 Å². The number of carbonyl (C=O) groups excluding carboxylic acids is 1. The molecule has 0 spiro atoms. The molecule has 0 bridgehead atoms. The van der Waals surface area contributed by atoms with Gasteiger partial charge in [-0.15, -0.1) is 11.6 Å². The zero-order valence-electron chi connectivity index (χ0n) is 12.0. The van der Waals surface area contributed by atoms with Crippen molar-refractivity contribution in [3.05, 3.63) is 24.2 Å². The van der Waals surface area contributed by atoms with Crippen molar-refractivity contribution in [3.8, 4) is 0 Å². The molecule has 0 radical (unpaired) electrons. The molecule has 1 amide bonds. The molecule has 0 atom stereocenters. The van der Waals surface area contributed by atoms with Crippen LogP contribution in [0, 0.1) is 0 Å². The first-order valence-electron chi connectivity index (χ1n) is 7.43. The van der Waals surface area contributed by atoms with Crippen LogP contribution in [0.1, 0.15) is 25.1 Å². The molecule has 0 N–H and O–H groups in total. The number of hydrogen-bond acceptors (Lipinski definition) is 3. The number of rotatable bonds is 4. The predicted octanol–water partition coefficient (Wildman–Crippen LogP) is 2.23. The molecule has 1 saturated heterocycles. The van der Waals surface area contributed by atoms with E-state index >= 15 is 0 Å². The number of aryl methyl sites for hydroxylation is 1. The summed E-state index contributed by atoms with van der Waals surface area (Å²) in [6.45, 7) is 2.03. The number of carbonyl (C=O) groups is 1. The van der Waals surface area contributed by atoms with Gasteiger partial charge in [-0.05, 0) is 31.4 Å². The largest absolute Gasteiger partial charge is 0.341 e. The summed E-state index contributed by atoms with van der Waals surface area (Å²) < 4.78 is 1.91. The number of fused-ring (bicyclic) bond motifs is 1. The van der Waals surface area contributed by atoms with E-state index in [1.807, 2.05) is 21.6 Å². The van der Waals surface area contributed by atoms with Gasteiger partial charge in [0.1, 0.15) is 17.9 Å². The summed E-state index contributed by atoms with van der Waals surface area (Å²) in [5.41, 5.74) is 1.59. The molecule has 5 nitrogen and oxygen atoms in total. The van der Waals surface area contributed by atoms with Crippen molar-refractivity contribution >= 4 is 28.7 Å². The van der Waals surface area contributed by atoms with Crippen molar-refractivity contribution in [3.63, 3.8) is 0 Å². The molecule has 1 aliphatic rings. The summed E-state index contributed by atoms with van der Waals surface area (Å²) >= 11 is 5.85. The average Bonchev–Trinajstić information content (AvgIpc) is 2.86. The Hall–Kier alpha value is -1.62. The quantitative estimate of drug-likeness (QED) is 0.814. The molecule has 112 valence electrons. The summed E-state index contributed by atoms with van der Waals surface area (Å²) in [5, 5.41) is 0. The molecule has 2 aromatic rings. The molecule has 3 rings (SSSR count). The Balaban J connectivity index is 1.87. The van der Waals surface area contributed by atoms with Crippen LogP contribution in [0.25, 0.3) is 11.2 Å². The first-order valence-corrected chi connectivity index (χ1v) is 7.97. The average molecular weight is 307 g/mol. The SMILES string of the molecule is O=C(Cn1c(CCCl)nc2cccnc21)N1CCCCC1. The maximum Gasteiger partial charge on any atom is 0.242 e. The number of alkyl halides is 1. The van der Waals surface area contributed by atoms with E-state index < -0.39 is 0 Å². The fraction of sp³-hybridized carbons (Fsp3) is 0.533. The Kier molecular flexibility index (Phi) is 4.39. The van der Waals surface area contributed by atoms with Gasteiger partial charge >= 0.3 is 0 Å². The number of nitrogens with zero attached hydrogens (tertiary/aromatic N) is 4. The number of imidazole rings is 1.